The summed E-state index contributed by atoms with van der Waals surface area (Å²) >= 11 is 3.13. The largest absolute Gasteiger partial charge is 0.506 e. The van der Waals surface area contributed by atoms with Crippen LogP contribution >= 0.6 is 40.7 Å². The quantitative estimate of drug-likeness (QED) is 0.759. The lowest BCUT2D eigenvalue weighted by molar-refractivity contribution is 0.0841. The van der Waals surface area contributed by atoms with E-state index in [1.807, 2.05) is 0 Å². The molecule has 0 bridgehead atoms. The molecule has 0 aliphatic carbocycles. The molecule has 1 aliphatic rings. The fourth-order valence-electron chi connectivity index (χ4n) is 2.93. The number of hydrogen-bond acceptors (Lipinski definition) is 3. The molecule has 0 unspecified atom stereocenters. The predicted molar refractivity (Wildman–Crippen MR) is 96.9 cm³/mol. The molecule has 2 N–H and O–H groups in total. The third-order valence-corrected chi connectivity index (χ3v) is 4.49. The van der Waals surface area contributed by atoms with Gasteiger partial charge in [0.25, 0.3) is 0 Å². The van der Waals surface area contributed by atoms with E-state index in [2.05, 4.69) is 46.9 Å². The number of nitrogens with one attached hydrogen (secondary N) is 1. The van der Waals surface area contributed by atoms with Crippen molar-refractivity contribution in [3.8, 4) is 5.75 Å². The van der Waals surface area contributed by atoms with E-state index in [-0.39, 0.29) is 46.5 Å². The zero-order chi connectivity index (χ0) is 14.9. The van der Waals surface area contributed by atoms with E-state index in [0.717, 1.165) is 31.7 Å². The molecule has 1 aromatic rings. The molecule has 22 heavy (non-hydrogen) atoms. The summed E-state index contributed by atoms with van der Waals surface area (Å²) in [6.45, 7) is 10.2. The molecule has 1 aromatic carbocycles. The molecular weight excluding hydrogens is 394 g/mol. The van der Waals surface area contributed by atoms with Crippen molar-refractivity contribution in [2.75, 3.05) is 26.2 Å². The highest BCUT2D eigenvalue weighted by Gasteiger charge is 2.34. The van der Waals surface area contributed by atoms with Crippen LogP contribution in [-0.4, -0.2) is 36.2 Å². The zero-order valence-corrected chi connectivity index (χ0v) is 16.2. The van der Waals surface area contributed by atoms with Crippen LogP contribution in [0.25, 0.3) is 0 Å². The lowest BCUT2D eigenvalue weighted by atomic mass is 9.80. The molecule has 1 saturated heterocycles. The van der Waals surface area contributed by atoms with Gasteiger partial charge in [-0.25, -0.2) is 4.39 Å². The number of nitrogens with zero attached hydrogens (tertiary/aromatic N) is 1. The molecule has 3 nitrogen and oxygen atoms in total. The summed E-state index contributed by atoms with van der Waals surface area (Å²) in [5.41, 5.74) is 0.735. The molecular formula is C15H24BrCl2FN2O. The monoisotopic (exact) mass is 416 g/mol. The molecule has 0 spiro atoms. The standard InChI is InChI=1S/C15H22BrFN2O.2ClH/c1-15(2,3)14(19-8-6-18-7-9-19)10-4-5-11(17)12(16)13(10)20;;/h4-5,14,18,20H,6-9H2,1-3H3;2*1H/t14-;;/m0../s1. The van der Waals surface area contributed by atoms with Crippen LogP contribution in [-0.2, 0) is 0 Å². The molecule has 1 fully saturated rings. The van der Waals surface area contributed by atoms with Gasteiger partial charge in [0.1, 0.15) is 11.6 Å². The Kier molecular flexibility index (Phi) is 8.66. The fourth-order valence-corrected chi connectivity index (χ4v) is 3.29. The zero-order valence-electron chi connectivity index (χ0n) is 13.0. The van der Waals surface area contributed by atoms with Crippen molar-refractivity contribution < 1.29 is 9.50 Å². The molecule has 2 rings (SSSR count). The van der Waals surface area contributed by atoms with Gasteiger partial charge in [-0.05, 0) is 27.4 Å². The highest BCUT2D eigenvalue weighted by molar-refractivity contribution is 9.10. The number of halogens is 4. The predicted octanol–water partition coefficient (Wildman–Crippen LogP) is 4.13. The Bertz CT molecular complexity index is 491. The van der Waals surface area contributed by atoms with Crippen molar-refractivity contribution in [3.05, 3.63) is 28.0 Å². The Labute approximate surface area is 152 Å². The van der Waals surface area contributed by atoms with Crippen LogP contribution in [0, 0.1) is 11.2 Å². The normalized spacial score (nSPS) is 17.3. The molecule has 1 atom stereocenters. The van der Waals surface area contributed by atoms with E-state index in [1.54, 1.807) is 6.07 Å². The molecule has 0 saturated carbocycles. The van der Waals surface area contributed by atoms with Gasteiger partial charge in [-0.1, -0.05) is 26.8 Å². The number of aromatic hydroxyl groups is 1. The van der Waals surface area contributed by atoms with Gasteiger partial charge in [0.15, 0.2) is 0 Å². The maximum absolute atomic E-state index is 13.5. The minimum absolute atomic E-state index is 0. The molecule has 0 aromatic heterocycles. The summed E-state index contributed by atoms with van der Waals surface area (Å²) in [7, 11) is 0. The van der Waals surface area contributed by atoms with E-state index in [9.17, 15) is 9.50 Å². The van der Waals surface area contributed by atoms with Crippen LogP contribution < -0.4 is 5.32 Å². The third kappa shape index (κ3) is 4.71. The van der Waals surface area contributed by atoms with Gasteiger partial charge in [0.2, 0.25) is 0 Å². The van der Waals surface area contributed by atoms with Crippen molar-refractivity contribution >= 4 is 40.7 Å². The summed E-state index contributed by atoms with van der Waals surface area (Å²) < 4.78 is 13.7. The second-order valence-corrected chi connectivity index (χ2v) is 7.15. The van der Waals surface area contributed by atoms with E-state index >= 15 is 0 Å². The number of piperazine rings is 1. The summed E-state index contributed by atoms with van der Waals surface area (Å²) in [6, 6.07) is 3.18. The van der Waals surface area contributed by atoms with Crippen LogP contribution in [0.15, 0.2) is 16.6 Å². The van der Waals surface area contributed by atoms with Crippen molar-refractivity contribution in [1.82, 2.24) is 10.2 Å². The average molecular weight is 418 g/mol. The summed E-state index contributed by atoms with van der Waals surface area (Å²) in [6.07, 6.45) is 0. The second kappa shape index (κ2) is 8.69. The molecule has 1 heterocycles. The maximum atomic E-state index is 13.5. The van der Waals surface area contributed by atoms with E-state index in [1.165, 1.54) is 6.07 Å². The van der Waals surface area contributed by atoms with E-state index < -0.39 is 5.82 Å². The fraction of sp³-hybridized carbons (Fsp3) is 0.600. The van der Waals surface area contributed by atoms with Gasteiger partial charge in [-0.2, -0.15) is 0 Å². The number of phenols is 1. The topological polar surface area (TPSA) is 35.5 Å². The SMILES string of the molecule is CC(C)(C)[C@H](c1ccc(F)c(Br)c1O)N1CCNCC1.Cl.Cl. The Morgan fingerprint density at radius 3 is 2.27 bits per heavy atom. The number of benzene rings is 1. The van der Waals surface area contributed by atoms with Gasteiger partial charge in [-0.15, -0.1) is 24.8 Å². The van der Waals surface area contributed by atoms with Gasteiger partial charge in [0.05, 0.1) is 4.47 Å². The molecule has 0 amide bonds. The van der Waals surface area contributed by atoms with Gasteiger partial charge in [-0.3, -0.25) is 4.90 Å². The first-order valence-electron chi connectivity index (χ1n) is 6.94. The van der Waals surface area contributed by atoms with Crippen LogP contribution in [0.3, 0.4) is 0 Å². The first-order valence-corrected chi connectivity index (χ1v) is 7.73. The van der Waals surface area contributed by atoms with Crippen LogP contribution in [0.4, 0.5) is 4.39 Å². The number of phenolic OH excluding ortho intramolecular Hbond substituents is 1. The average Bonchev–Trinajstić information content (AvgIpc) is 2.39. The first kappa shape index (κ1) is 21.9. The minimum atomic E-state index is -0.431. The molecule has 1 aliphatic heterocycles. The van der Waals surface area contributed by atoms with Gasteiger partial charge >= 0.3 is 0 Å². The lowest BCUT2D eigenvalue weighted by Gasteiger charge is -2.42. The molecule has 0 radical (unpaired) electrons. The smallest absolute Gasteiger partial charge is 0.141 e. The van der Waals surface area contributed by atoms with Crippen LogP contribution in [0.2, 0.25) is 0 Å². The first-order chi connectivity index (χ1) is 9.32. The number of hydrogen-bond donors (Lipinski definition) is 2. The highest BCUT2D eigenvalue weighted by atomic mass is 79.9. The molecule has 7 heteroatoms. The van der Waals surface area contributed by atoms with Gasteiger partial charge < -0.3 is 10.4 Å². The van der Waals surface area contributed by atoms with Crippen molar-refractivity contribution in [3.63, 3.8) is 0 Å². The molecule has 128 valence electrons. The van der Waals surface area contributed by atoms with E-state index in [4.69, 9.17) is 0 Å². The lowest BCUT2D eigenvalue weighted by Crippen LogP contribution is -2.48. The van der Waals surface area contributed by atoms with Crippen molar-refractivity contribution in [2.24, 2.45) is 5.41 Å². The Hall–Kier alpha value is -0.0700. The Morgan fingerprint density at radius 2 is 1.77 bits per heavy atom. The summed E-state index contributed by atoms with van der Waals surface area (Å²) in [4.78, 5) is 2.36. The summed E-state index contributed by atoms with van der Waals surface area (Å²) in [5.74, 6) is -0.414. The van der Waals surface area contributed by atoms with E-state index in [0.29, 0.717) is 0 Å². The number of rotatable bonds is 2. The Balaban J connectivity index is 0.00000220. The minimum Gasteiger partial charge on any atom is -0.506 e. The van der Waals surface area contributed by atoms with Crippen molar-refractivity contribution in [2.45, 2.75) is 26.8 Å². The highest BCUT2D eigenvalue weighted by Crippen LogP contribution is 2.44. The summed E-state index contributed by atoms with van der Waals surface area (Å²) in [5, 5.41) is 13.6. The Morgan fingerprint density at radius 1 is 1.23 bits per heavy atom. The van der Waals surface area contributed by atoms with Gasteiger partial charge in [0, 0.05) is 37.8 Å². The van der Waals surface area contributed by atoms with Crippen molar-refractivity contribution in [1.29, 1.82) is 0 Å². The second-order valence-electron chi connectivity index (χ2n) is 6.35. The third-order valence-electron chi connectivity index (χ3n) is 3.73. The van der Waals surface area contributed by atoms with Crippen LogP contribution in [0.1, 0.15) is 32.4 Å². The maximum Gasteiger partial charge on any atom is 0.141 e. The van der Waals surface area contributed by atoms with Crippen LogP contribution in [0.5, 0.6) is 5.75 Å².